The molecular weight excluding hydrogens is 611 g/mol. The van der Waals surface area contributed by atoms with Gasteiger partial charge >= 0.3 is 0 Å². The van der Waals surface area contributed by atoms with Gasteiger partial charge < -0.3 is 33.2 Å². The zero-order valence-electron chi connectivity index (χ0n) is 23.4. The van der Waals surface area contributed by atoms with E-state index in [9.17, 15) is 0 Å². The average Bonchev–Trinajstić information content (AvgIpc) is 3.72. The predicted molar refractivity (Wildman–Crippen MR) is 157 cm³/mol. The standard InChI is InChI=1S/C31H47IO7/c1-2-3-4-5-6-7-8-9-10-14-17-33-23-19-35-28-25(21-36-27(23)28)38-31-26(32)30-29(39-31)24(20-37-30)34-18-22-15-12-11-13-16-22/h11-13,15-16,23-31H,2-10,14,17-21H2,1H3/t23-,24-,25+,26-,27-,28-,29-,30-,31-/m1/s1. The van der Waals surface area contributed by atoms with Crippen molar-refractivity contribution in [3.05, 3.63) is 35.9 Å². The van der Waals surface area contributed by atoms with E-state index in [1.807, 2.05) is 18.2 Å². The van der Waals surface area contributed by atoms with E-state index in [4.69, 9.17) is 33.2 Å². The Morgan fingerprint density at radius 1 is 0.692 bits per heavy atom. The lowest BCUT2D eigenvalue weighted by molar-refractivity contribution is -0.191. The molecule has 0 N–H and O–H groups in total. The Balaban J connectivity index is 0.972. The molecule has 0 bridgehead atoms. The highest BCUT2D eigenvalue weighted by Crippen LogP contribution is 2.40. The van der Waals surface area contributed by atoms with Gasteiger partial charge in [-0.2, -0.15) is 0 Å². The highest BCUT2D eigenvalue weighted by atomic mass is 127. The summed E-state index contributed by atoms with van der Waals surface area (Å²) in [4.78, 5) is 0. The molecule has 7 nitrogen and oxygen atoms in total. The molecule has 0 amide bonds. The molecule has 220 valence electrons. The Morgan fingerprint density at radius 3 is 2.00 bits per heavy atom. The molecule has 39 heavy (non-hydrogen) atoms. The summed E-state index contributed by atoms with van der Waals surface area (Å²) in [5.41, 5.74) is 1.15. The van der Waals surface area contributed by atoms with Crippen molar-refractivity contribution in [2.45, 2.75) is 131 Å². The molecule has 4 heterocycles. The predicted octanol–water partition coefficient (Wildman–Crippen LogP) is 5.99. The van der Waals surface area contributed by atoms with Crippen molar-refractivity contribution < 1.29 is 33.2 Å². The van der Waals surface area contributed by atoms with E-state index in [0.717, 1.165) is 18.6 Å². The van der Waals surface area contributed by atoms with Crippen LogP contribution in [0, 0.1) is 0 Å². The largest absolute Gasteiger partial charge is 0.373 e. The number of fused-ring (bicyclic) bond motifs is 2. The molecule has 4 saturated heterocycles. The highest BCUT2D eigenvalue weighted by molar-refractivity contribution is 14.1. The van der Waals surface area contributed by atoms with Gasteiger partial charge in [-0.1, -0.05) is 118 Å². The van der Waals surface area contributed by atoms with Gasteiger partial charge in [-0.3, -0.25) is 0 Å². The van der Waals surface area contributed by atoms with E-state index in [-0.39, 0.29) is 52.9 Å². The van der Waals surface area contributed by atoms with Crippen LogP contribution in [-0.4, -0.2) is 79.4 Å². The van der Waals surface area contributed by atoms with Gasteiger partial charge in [0.05, 0.1) is 30.4 Å². The quantitative estimate of drug-likeness (QED) is 0.116. The lowest BCUT2D eigenvalue weighted by Crippen LogP contribution is -2.38. The van der Waals surface area contributed by atoms with Gasteiger partial charge in [-0.25, -0.2) is 0 Å². The maximum atomic E-state index is 6.43. The molecule has 8 heteroatoms. The third-order valence-corrected chi connectivity index (χ3v) is 9.71. The lowest BCUT2D eigenvalue weighted by atomic mass is 10.1. The smallest absolute Gasteiger partial charge is 0.173 e. The van der Waals surface area contributed by atoms with Crippen molar-refractivity contribution in [3.8, 4) is 0 Å². The fraction of sp³-hybridized carbons (Fsp3) is 0.806. The van der Waals surface area contributed by atoms with Crippen molar-refractivity contribution in [3.63, 3.8) is 0 Å². The van der Waals surface area contributed by atoms with Gasteiger partial charge in [0.1, 0.15) is 42.7 Å². The highest BCUT2D eigenvalue weighted by Gasteiger charge is 2.55. The Morgan fingerprint density at radius 2 is 1.28 bits per heavy atom. The minimum atomic E-state index is -0.369. The van der Waals surface area contributed by atoms with Gasteiger partial charge in [-0.15, -0.1) is 0 Å². The van der Waals surface area contributed by atoms with E-state index in [1.54, 1.807) is 0 Å². The lowest BCUT2D eigenvalue weighted by Gasteiger charge is -2.24. The summed E-state index contributed by atoms with van der Waals surface area (Å²) >= 11 is 2.40. The van der Waals surface area contributed by atoms with Gasteiger partial charge in [0, 0.05) is 6.61 Å². The van der Waals surface area contributed by atoms with Crippen LogP contribution >= 0.6 is 22.6 Å². The average molecular weight is 659 g/mol. The first-order valence-corrected chi connectivity index (χ1v) is 16.6. The Kier molecular flexibility index (Phi) is 12.2. The topological polar surface area (TPSA) is 64.6 Å². The zero-order valence-corrected chi connectivity index (χ0v) is 25.6. The van der Waals surface area contributed by atoms with Crippen LogP contribution in [0.15, 0.2) is 30.3 Å². The molecule has 0 radical (unpaired) electrons. The number of halogens is 1. The normalized spacial score (nSPS) is 35.5. The second-order valence-corrected chi connectivity index (χ2v) is 12.8. The fourth-order valence-corrected chi connectivity index (χ4v) is 7.10. The molecule has 0 spiro atoms. The first-order valence-electron chi connectivity index (χ1n) is 15.3. The summed E-state index contributed by atoms with van der Waals surface area (Å²) in [5, 5.41) is 0. The summed E-state index contributed by atoms with van der Waals surface area (Å²) < 4.78 is 43.5. The molecule has 4 fully saturated rings. The number of hydrogen-bond donors (Lipinski definition) is 0. The Bertz CT molecular complexity index is 828. The summed E-state index contributed by atoms with van der Waals surface area (Å²) in [5.74, 6) is 0. The van der Waals surface area contributed by atoms with Crippen LogP contribution < -0.4 is 0 Å². The molecule has 0 aliphatic carbocycles. The number of rotatable bonds is 17. The Hall–Kier alpha value is -0.330. The second kappa shape index (κ2) is 15.8. The summed E-state index contributed by atoms with van der Waals surface area (Å²) in [7, 11) is 0. The van der Waals surface area contributed by atoms with Crippen LogP contribution in [0.2, 0.25) is 0 Å². The molecule has 5 rings (SSSR count). The van der Waals surface area contributed by atoms with Crippen LogP contribution in [0.4, 0.5) is 0 Å². The van der Waals surface area contributed by atoms with Gasteiger partial charge in [0.25, 0.3) is 0 Å². The minimum absolute atomic E-state index is 0.0134. The molecule has 0 unspecified atom stereocenters. The van der Waals surface area contributed by atoms with E-state index < -0.39 is 0 Å². The van der Waals surface area contributed by atoms with E-state index in [0.29, 0.717) is 26.4 Å². The van der Waals surface area contributed by atoms with Gasteiger partial charge in [-0.05, 0) is 12.0 Å². The fourth-order valence-electron chi connectivity index (χ4n) is 6.14. The molecule has 4 aliphatic rings. The van der Waals surface area contributed by atoms with E-state index in [2.05, 4.69) is 41.6 Å². The molecular formula is C31H47IO7. The number of alkyl halides is 1. The maximum Gasteiger partial charge on any atom is 0.173 e. The van der Waals surface area contributed by atoms with Crippen LogP contribution in [0.5, 0.6) is 0 Å². The summed E-state index contributed by atoms with van der Waals surface area (Å²) in [6.45, 7) is 5.21. The van der Waals surface area contributed by atoms with Crippen LogP contribution in [-0.2, 0) is 39.8 Å². The maximum absolute atomic E-state index is 6.43. The van der Waals surface area contributed by atoms with Crippen molar-refractivity contribution >= 4 is 22.6 Å². The number of unbranched alkanes of at least 4 members (excludes halogenated alkanes) is 9. The van der Waals surface area contributed by atoms with Crippen LogP contribution in [0.1, 0.15) is 76.7 Å². The molecule has 0 aromatic heterocycles. The van der Waals surface area contributed by atoms with Crippen molar-refractivity contribution in [2.24, 2.45) is 0 Å². The van der Waals surface area contributed by atoms with Gasteiger partial charge in [0.2, 0.25) is 0 Å². The molecule has 4 aliphatic heterocycles. The summed E-state index contributed by atoms with van der Waals surface area (Å²) in [6.07, 6.45) is 12.3. The first kappa shape index (κ1) is 30.1. The number of hydrogen-bond acceptors (Lipinski definition) is 7. The summed E-state index contributed by atoms with van der Waals surface area (Å²) in [6, 6.07) is 10.2. The van der Waals surface area contributed by atoms with Crippen molar-refractivity contribution in [1.29, 1.82) is 0 Å². The SMILES string of the molecule is CCCCCCCCCCCCO[C@@H]1CO[C@H]2[C@@H]1OC[C@@H]2O[C@@H]1O[C@H]2[C@H](OC[C@H]2OCc2ccccc2)[C@H]1I. The minimum Gasteiger partial charge on any atom is -0.373 e. The van der Waals surface area contributed by atoms with Crippen LogP contribution in [0.3, 0.4) is 0 Å². The molecule has 1 aromatic carbocycles. The molecule has 0 saturated carbocycles. The molecule has 1 aromatic rings. The number of ether oxygens (including phenoxy) is 7. The van der Waals surface area contributed by atoms with Crippen molar-refractivity contribution in [1.82, 2.24) is 0 Å². The Labute approximate surface area is 248 Å². The third kappa shape index (κ3) is 8.15. The zero-order chi connectivity index (χ0) is 26.9. The number of benzene rings is 1. The molecule has 9 atom stereocenters. The van der Waals surface area contributed by atoms with E-state index >= 15 is 0 Å². The van der Waals surface area contributed by atoms with Crippen molar-refractivity contribution in [2.75, 3.05) is 26.4 Å². The third-order valence-electron chi connectivity index (χ3n) is 8.42. The monoisotopic (exact) mass is 658 g/mol. The second-order valence-electron chi connectivity index (χ2n) is 11.4. The first-order chi connectivity index (χ1) is 19.2. The van der Waals surface area contributed by atoms with Gasteiger partial charge in [0.15, 0.2) is 6.29 Å². The van der Waals surface area contributed by atoms with Crippen LogP contribution in [0.25, 0.3) is 0 Å². The van der Waals surface area contributed by atoms with E-state index in [1.165, 1.54) is 57.8 Å².